The van der Waals surface area contributed by atoms with Gasteiger partial charge in [0.2, 0.25) is 0 Å². The van der Waals surface area contributed by atoms with Gasteiger partial charge in [-0.25, -0.2) is 4.98 Å². The third-order valence-electron chi connectivity index (χ3n) is 4.69. The van der Waals surface area contributed by atoms with Crippen LogP contribution in [0.3, 0.4) is 0 Å². The number of nitrogens with zero attached hydrogens (tertiary/aromatic N) is 2. The molecule has 4 rings (SSSR count). The van der Waals surface area contributed by atoms with Crippen LogP contribution in [0.1, 0.15) is 25.5 Å². The van der Waals surface area contributed by atoms with Crippen molar-refractivity contribution in [3.05, 3.63) is 42.4 Å². The smallest absolute Gasteiger partial charge is 0.0956 e. The second-order valence-electron chi connectivity index (χ2n) is 6.24. The summed E-state index contributed by atoms with van der Waals surface area (Å²) in [6, 6.07) is 8.48. The van der Waals surface area contributed by atoms with Gasteiger partial charge < -0.3 is 14.4 Å². The first-order valence-corrected chi connectivity index (χ1v) is 7.03. The monoisotopic (exact) mass is 270 g/mol. The van der Waals surface area contributed by atoms with E-state index in [1.165, 1.54) is 11.1 Å². The van der Waals surface area contributed by atoms with Crippen molar-refractivity contribution in [3.8, 4) is 11.3 Å². The van der Waals surface area contributed by atoms with Gasteiger partial charge in [0, 0.05) is 11.5 Å². The van der Waals surface area contributed by atoms with E-state index in [-0.39, 0.29) is 12.0 Å². The second-order valence-corrected chi connectivity index (χ2v) is 6.24. The van der Waals surface area contributed by atoms with E-state index in [2.05, 4.69) is 27.8 Å². The number of rotatable bonds is 1. The number of aliphatic hydroxyl groups excluding tert-OH is 1. The first kappa shape index (κ1) is 12.1. The van der Waals surface area contributed by atoms with Gasteiger partial charge in [-0.15, -0.1) is 0 Å². The molecular formula is C16H18N2O2. The highest BCUT2D eigenvalue weighted by molar-refractivity contribution is 5.69. The molecule has 2 aliphatic heterocycles. The van der Waals surface area contributed by atoms with Crippen molar-refractivity contribution in [1.29, 1.82) is 0 Å². The van der Waals surface area contributed by atoms with E-state index in [9.17, 15) is 5.11 Å². The van der Waals surface area contributed by atoms with E-state index in [1.54, 1.807) is 0 Å². The highest BCUT2D eigenvalue weighted by Crippen LogP contribution is 2.47. The molecule has 3 heterocycles. The Morgan fingerprint density at radius 1 is 1.35 bits per heavy atom. The predicted molar refractivity (Wildman–Crippen MR) is 75.3 cm³/mol. The summed E-state index contributed by atoms with van der Waals surface area (Å²) in [6.45, 7) is 4.48. The molecule has 2 aromatic rings. The normalized spacial score (nSPS) is 30.2. The number of fused-ring (bicyclic) bond motifs is 3. The van der Waals surface area contributed by atoms with Crippen LogP contribution in [0.25, 0.3) is 11.3 Å². The second kappa shape index (κ2) is 3.93. The quantitative estimate of drug-likeness (QED) is 0.864. The van der Waals surface area contributed by atoms with E-state index in [0.717, 1.165) is 5.69 Å². The topological polar surface area (TPSA) is 47.3 Å². The van der Waals surface area contributed by atoms with E-state index in [1.807, 2.05) is 32.4 Å². The van der Waals surface area contributed by atoms with E-state index >= 15 is 0 Å². The Balaban J connectivity index is 1.84. The van der Waals surface area contributed by atoms with Crippen LogP contribution in [0.15, 0.2) is 36.8 Å². The molecular weight excluding hydrogens is 252 g/mol. The number of aliphatic hydroxyl groups is 1. The minimum atomic E-state index is -0.483. The van der Waals surface area contributed by atoms with Gasteiger partial charge in [-0.3, -0.25) is 0 Å². The summed E-state index contributed by atoms with van der Waals surface area (Å²) in [5.41, 5.74) is 3.12. The molecule has 0 aliphatic carbocycles. The molecule has 0 saturated carbocycles. The molecule has 3 atom stereocenters. The molecule has 1 aromatic heterocycles. The lowest BCUT2D eigenvalue weighted by Gasteiger charge is -2.28. The van der Waals surface area contributed by atoms with E-state index < -0.39 is 11.7 Å². The largest absolute Gasteiger partial charge is 0.390 e. The van der Waals surface area contributed by atoms with Gasteiger partial charge in [-0.05, 0) is 19.4 Å². The fraction of sp³-hybridized carbons (Fsp3) is 0.438. The van der Waals surface area contributed by atoms with Crippen molar-refractivity contribution in [2.24, 2.45) is 5.92 Å². The molecule has 1 N–H and O–H groups in total. The Labute approximate surface area is 118 Å². The lowest BCUT2D eigenvalue weighted by Crippen LogP contribution is -2.38. The zero-order chi connectivity index (χ0) is 13.9. The van der Waals surface area contributed by atoms with Gasteiger partial charge in [0.15, 0.2) is 0 Å². The molecule has 1 fully saturated rings. The van der Waals surface area contributed by atoms with Crippen LogP contribution < -0.4 is 0 Å². The number of ether oxygens (including phenoxy) is 1. The van der Waals surface area contributed by atoms with Crippen LogP contribution in [0, 0.1) is 5.92 Å². The van der Waals surface area contributed by atoms with Crippen molar-refractivity contribution in [3.63, 3.8) is 0 Å². The van der Waals surface area contributed by atoms with Crippen molar-refractivity contribution in [1.82, 2.24) is 9.55 Å². The molecule has 104 valence electrons. The maximum atomic E-state index is 10.6. The van der Waals surface area contributed by atoms with Crippen LogP contribution >= 0.6 is 0 Å². The van der Waals surface area contributed by atoms with Crippen LogP contribution in [0.5, 0.6) is 0 Å². The first-order chi connectivity index (χ1) is 9.59. The molecule has 0 bridgehead atoms. The molecule has 1 aromatic carbocycles. The van der Waals surface area contributed by atoms with E-state index in [0.29, 0.717) is 6.61 Å². The number of hydrogen-bond donors (Lipinski definition) is 1. The van der Waals surface area contributed by atoms with Crippen molar-refractivity contribution < 1.29 is 9.84 Å². The van der Waals surface area contributed by atoms with Crippen LogP contribution in [0.4, 0.5) is 0 Å². The molecule has 4 nitrogen and oxygen atoms in total. The molecule has 2 aliphatic rings. The zero-order valence-electron chi connectivity index (χ0n) is 11.7. The van der Waals surface area contributed by atoms with E-state index in [4.69, 9.17) is 4.74 Å². The maximum absolute atomic E-state index is 10.6. The Morgan fingerprint density at radius 3 is 2.90 bits per heavy atom. The SMILES string of the molecule is CC1(C)OC[C@H](C2c3ccccc3-c3cncn32)[C@@H]1O. The van der Waals surface area contributed by atoms with Gasteiger partial charge in [0.05, 0.1) is 42.6 Å². The molecule has 0 radical (unpaired) electrons. The molecule has 20 heavy (non-hydrogen) atoms. The average Bonchev–Trinajstić information content (AvgIpc) is 3.07. The Morgan fingerprint density at radius 2 is 2.15 bits per heavy atom. The molecule has 1 unspecified atom stereocenters. The van der Waals surface area contributed by atoms with Gasteiger partial charge >= 0.3 is 0 Å². The van der Waals surface area contributed by atoms with Gasteiger partial charge in [0.1, 0.15) is 0 Å². The molecule has 1 saturated heterocycles. The molecule has 0 amide bonds. The summed E-state index contributed by atoms with van der Waals surface area (Å²) in [7, 11) is 0. The van der Waals surface area contributed by atoms with Gasteiger partial charge in [0.25, 0.3) is 0 Å². The summed E-state index contributed by atoms with van der Waals surface area (Å²) < 4.78 is 7.97. The minimum Gasteiger partial charge on any atom is -0.390 e. The maximum Gasteiger partial charge on any atom is 0.0956 e. The Bertz CT molecular complexity index is 662. The number of hydrogen-bond acceptors (Lipinski definition) is 3. The highest BCUT2D eigenvalue weighted by atomic mass is 16.5. The fourth-order valence-corrected chi connectivity index (χ4v) is 3.58. The lowest BCUT2D eigenvalue weighted by molar-refractivity contribution is -0.0321. The highest BCUT2D eigenvalue weighted by Gasteiger charge is 2.48. The average molecular weight is 270 g/mol. The fourth-order valence-electron chi connectivity index (χ4n) is 3.58. The van der Waals surface area contributed by atoms with Gasteiger partial charge in [-0.1, -0.05) is 24.3 Å². The minimum absolute atomic E-state index is 0.0570. The predicted octanol–water partition coefficient (Wildman–Crippen LogP) is 2.24. The van der Waals surface area contributed by atoms with Crippen LogP contribution in [0.2, 0.25) is 0 Å². The summed E-state index contributed by atoms with van der Waals surface area (Å²) in [5, 5.41) is 10.6. The number of benzene rings is 1. The Hall–Kier alpha value is -1.65. The molecule has 0 spiro atoms. The lowest BCUT2D eigenvalue weighted by atomic mass is 9.85. The number of aromatic nitrogens is 2. The standard InChI is InChI=1S/C16H18N2O2/c1-16(2)15(19)12(8-20-16)14-11-6-4-3-5-10(11)13-7-17-9-18(13)14/h3-7,9,12,14-15,19H,8H2,1-2H3/t12-,14?,15+/m1/s1. The third-order valence-corrected chi connectivity index (χ3v) is 4.69. The van der Waals surface area contributed by atoms with Crippen LogP contribution in [-0.2, 0) is 4.74 Å². The number of imidazole rings is 1. The van der Waals surface area contributed by atoms with Gasteiger partial charge in [-0.2, -0.15) is 0 Å². The van der Waals surface area contributed by atoms with Crippen molar-refractivity contribution >= 4 is 0 Å². The summed E-state index contributed by atoms with van der Waals surface area (Å²) in [5.74, 6) is 0.0570. The first-order valence-electron chi connectivity index (χ1n) is 7.03. The Kier molecular flexibility index (Phi) is 2.38. The van der Waals surface area contributed by atoms with Crippen molar-refractivity contribution in [2.45, 2.75) is 31.6 Å². The summed E-state index contributed by atoms with van der Waals surface area (Å²) in [6.07, 6.45) is 3.28. The summed E-state index contributed by atoms with van der Waals surface area (Å²) >= 11 is 0. The van der Waals surface area contributed by atoms with Crippen LogP contribution in [-0.4, -0.2) is 33.0 Å². The third kappa shape index (κ3) is 1.46. The van der Waals surface area contributed by atoms with Crippen molar-refractivity contribution in [2.75, 3.05) is 6.61 Å². The zero-order valence-corrected chi connectivity index (χ0v) is 11.7. The summed E-state index contributed by atoms with van der Waals surface area (Å²) in [4.78, 5) is 4.27. The molecule has 4 heteroatoms.